The number of carbonyl (C=O) groups is 2. The number of carbonyl (C=O) groups excluding carboxylic acids is 2. The molecule has 1 heterocycles. The van der Waals surface area contributed by atoms with Crippen LogP contribution in [0, 0.1) is 6.92 Å². The molecule has 0 atom stereocenters. The first-order chi connectivity index (χ1) is 9.56. The lowest BCUT2D eigenvalue weighted by molar-refractivity contribution is -0.119. The molecular formula is C14H15N3O2S. The molecule has 6 heteroatoms. The van der Waals surface area contributed by atoms with Crippen molar-refractivity contribution in [3.8, 4) is 0 Å². The summed E-state index contributed by atoms with van der Waals surface area (Å²) in [5.74, 6) is 0.173. The Morgan fingerprint density at radius 3 is 2.85 bits per heavy atom. The molecule has 3 N–H and O–H groups in total. The topological polar surface area (TPSA) is 85.1 Å². The van der Waals surface area contributed by atoms with Crippen molar-refractivity contribution in [2.75, 3.05) is 5.75 Å². The largest absolute Gasteiger partial charge is 0.351 e. The zero-order valence-corrected chi connectivity index (χ0v) is 11.9. The Hall–Kier alpha value is -2.08. The van der Waals surface area contributed by atoms with E-state index in [0.717, 1.165) is 21.5 Å². The number of hydrogen-bond acceptors (Lipinski definition) is 4. The van der Waals surface area contributed by atoms with Crippen molar-refractivity contribution in [3.63, 3.8) is 0 Å². The Morgan fingerprint density at radius 2 is 2.10 bits per heavy atom. The van der Waals surface area contributed by atoms with Crippen molar-refractivity contribution in [2.24, 2.45) is 5.73 Å². The van der Waals surface area contributed by atoms with Gasteiger partial charge in [0.1, 0.15) is 0 Å². The number of aromatic nitrogens is 1. The molecule has 0 saturated carbocycles. The quantitative estimate of drug-likeness (QED) is 0.845. The number of urea groups is 1. The number of aryl methyl sites for hydroxylation is 1. The van der Waals surface area contributed by atoms with E-state index in [4.69, 9.17) is 5.73 Å². The van der Waals surface area contributed by atoms with E-state index in [0.29, 0.717) is 5.75 Å². The Kier molecular flexibility index (Phi) is 4.57. The average molecular weight is 289 g/mol. The number of amides is 3. The average Bonchev–Trinajstić information content (AvgIpc) is 2.38. The zero-order chi connectivity index (χ0) is 14.5. The van der Waals surface area contributed by atoms with Crippen LogP contribution in [-0.2, 0) is 4.79 Å². The first-order valence-electron chi connectivity index (χ1n) is 6.15. The van der Waals surface area contributed by atoms with Gasteiger partial charge in [-0.1, -0.05) is 18.2 Å². The summed E-state index contributed by atoms with van der Waals surface area (Å²) < 4.78 is 0. The highest BCUT2D eigenvalue weighted by Crippen LogP contribution is 2.23. The summed E-state index contributed by atoms with van der Waals surface area (Å²) in [5, 5.41) is 4.03. The first-order valence-corrected chi connectivity index (χ1v) is 7.13. The van der Waals surface area contributed by atoms with Crippen molar-refractivity contribution in [2.45, 2.75) is 18.4 Å². The molecule has 0 aliphatic heterocycles. The van der Waals surface area contributed by atoms with E-state index in [1.165, 1.54) is 11.8 Å². The fourth-order valence-electron chi connectivity index (χ4n) is 1.84. The number of nitrogens with zero attached hydrogens (tertiary/aromatic N) is 1. The molecule has 0 bridgehead atoms. The molecule has 0 radical (unpaired) electrons. The van der Waals surface area contributed by atoms with Crippen molar-refractivity contribution in [3.05, 3.63) is 35.9 Å². The Bertz CT molecular complexity index is 658. The molecule has 0 unspecified atom stereocenters. The summed E-state index contributed by atoms with van der Waals surface area (Å²) in [6, 6.07) is 9.11. The summed E-state index contributed by atoms with van der Waals surface area (Å²) in [4.78, 5) is 26.3. The molecule has 1 aromatic heterocycles. The molecule has 0 spiro atoms. The van der Waals surface area contributed by atoms with Crippen LogP contribution in [0.3, 0.4) is 0 Å². The molecule has 0 fully saturated rings. The van der Waals surface area contributed by atoms with Crippen molar-refractivity contribution in [1.82, 2.24) is 10.3 Å². The van der Waals surface area contributed by atoms with Crippen LogP contribution in [0.4, 0.5) is 4.79 Å². The van der Waals surface area contributed by atoms with E-state index in [1.807, 2.05) is 42.6 Å². The number of rotatable bonds is 4. The van der Waals surface area contributed by atoms with E-state index in [9.17, 15) is 9.59 Å². The monoisotopic (exact) mass is 289 g/mol. The van der Waals surface area contributed by atoms with Crippen molar-refractivity contribution >= 4 is 34.6 Å². The third kappa shape index (κ3) is 3.71. The van der Waals surface area contributed by atoms with Gasteiger partial charge in [0.2, 0.25) is 5.91 Å². The fraction of sp³-hybridized carbons (Fsp3) is 0.214. The highest BCUT2D eigenvalue weighted by molar-refractivity contribution is 7.99. The fourth-order valence-corrected chi connectivity index (χ4v) is 2.76. The Morgan fingerprint density at radius 1 is 1.35 bits per heavy atom. The lowest BCUT2D eigenvalue weighted by Gasteiger charge is -2.06. The molecule has 104 valence electrons. The van der Waals surface area contributed by atoms with Gasteiger partial charge in [0.25, 0.3) is 0 Å². The molecule has 2 aromatic rings. The van der Waals surface area contributed by atoms with Crippen LogP contribution < -0.4 is 11.1 Å². The second-order valence-corrected chi connectivity index (χ2v) is 5.42. The molecule has 1 aromatic carbocycles. The van der Waals surface area contributed by atoms with Crippen LogP contribution in [0.2, 0.25) is 0 Å². The summed E-state index contributed by atoms with van der Waals surface area (Å²) >= 11 is 1.48. The van der Waals surface area contributed by atoms with Crippen LogP contribution in [0.15, 0.2) is 35.4 Å². The summed E-state index contributed by atoms with van der Waals surface area (Å²) in [6.45, 7) is 2.04. The normalized spacial score (nSPS) is 10.4. The Balaban J connectivity index is 2.00. The number of hydrogen-bond donors (Lipinski definition) is 2. The van der Waals surface area contributed by atoms with E-state index < -0.39 is 6.03 Å². The minimum absolute atomic E-state index is 0.223. The molecule has 0 saturated heterocycles. The second-order valence-electron chi connectivity index (χ2n) is 4.31. The maximum atomic E-state index is 11.3. The van der Waals surface area contributed by atoms with Gasteiger partial charge in [-0.05, 0) is 24.6 Å². The SMILES string of the molecule is Cc1cc(SCCC(=O)NC(N)=O)nc2ccccc12. The maximum absolute atomic E-state index is 11.3. The predicted molar refractivity (Wildman–Crippen MR) is 79.5 cm³/mol. The minimum Gasteiger partial charge on any atom is -0.351 e. The van der Waals surface area contributed by atoms with Crippen LogP contribution in [-0.4, -0.2) is 22.7 Å². The Labute approximate surface area is 120 Å². The van der Waals surface area contributed by atoms with Crippen LogP contribution in [0.25, 0.3) is 10.9 Å². The number of primary amides is 1. The third-order valence-electron chi connectivity index (χ3n) is 2.74. The van der Waals surface area contributed by atoms with Crippen molar-refractivity contribution < 1.29 is 9.59 Å². The number of imide groups is 1. The zero-order valence-electron chi connectivity index (χ0n) is 11.1. The van der Waals surface area contributed by atoms with Gasteiger partial charge in [-0.3, -0.25) is 10.1 Å². The number of fused-ring (bicyclic) bond motifs is 1. The van der Waals surface area contributed by atoms with E-state index in [2.05, 4.69) is 4.98 Å². The highest BCUT2D eigenvalue weighted by atomic mass is 32.2. The number of para-hydroxylation sites is 1. The van der Waals surface area contributed by atoms with Gasteiger partial charge < -0.3 is 5.73 Å². The van der Waals surface area contributed by atoms with Gasteiger partial charge in [-0.15, -0.1) is 11.8 Å². The van der Waals surface area contributed by atoms with Gasteiger partial charge in [0, 0.05) is 17.6 Å². The molecule has 0 aliphatic carbocycles. The summed E-state index contributed by atoms with van der Waals surface area (Å²) in [5.41, 5.74) is 6.96. The smallest absolute Gasteiger partial charge is 0.318 e. The van der Waals surface area contributed by atoms with Crippen LogP contribution in [0.5, 0.6) is 0 Å². The summed E-state index contributed by atoms with van der Waals surface area (Å²) in [6.07, 6.45) is 0.223. The lowest BCUT2D eigenvalue weighted by Crippen LogP contribution is -2.35. The lowest BCUT2D eigenvalue weighted by atomic mass is 10.1. The number of benzene rings is 1. The second kappa shape index (κ2) is 6.38. The standard InChI is InChI=1S/C14H15N3O2S/c1-9-8-13(16-11-5-3-2-4-10(9)11)20-7-6-12(18)17-14(15)19/h2-5,8H,6-7H2,1H3,(H3,15,17,18,19). The maximum Gasteiger partial charge on any atom is 0.318 e. The van der Waals surface area contributed by atoms with E-state index in [-0.39, 0.29) is 12.3 Å². The van der Waals surface area contributed by atoms with Crippen LogP contribution in [0.1, 0.15) is 12.0 Å². The predicted octanol–water partition coefficient (Wildman–Crippen LogP) is 2.22. The number of nitrogens with one attached hydrogen (secondary N) is 1. The van der Waals surface area contributed by atoms with Gasteiger partial charge in [0.05, 0.1) is 10.5 Å². The third-order valence-corrected chi connectivity index (χ3v) is 3.65. The van der Waals surface area contributed by atoms with Gasteiger partial charge in [-0.25, -0.2) is 9.78 Å². The molecule has 5 nitrogen and oxygen atoms in total. The number of nitrogens with two attached hydrogens (primary N) is 1. The molecular weight excluding hydrogens is 274 g/mol. The van der Waals surface area contributed by atoms with Gasteiger partial charge >= 0.3 is 6.03 Å². The molecule has 3 amide bonds. The van der Waals surface area contributed by atoms with Crippen molar-refractivity contribution in [1.29, 1.82) is 0 Å². The number of pyridine rings is 1. The van der Waals surface area contributed by atoms with E-state index in [1.54, 1.807) is 0 Å². The number of thioether (sulfide) groups is 1. The van der Waals surface area contributed by atoms with Gasteiger partial charge in [-0.2, -0.15) is 0 Å². The van der Waals surface area contributed by atoms with E-state index >= 15 is 0 Å². The molecule has 2 rings (SSSR count). The molecule has 20 heavy (non-hydrogen) atoms. The highest BCUT2D eigenvalue weighted by Gasteiger charge is 2.06. The first kappa shape index (κ1) is 14.3. The van der Waals surface area contributed by atoms with Gasteiger partial charge in [0.15, 0.2) is 0 Å². The minimum atomic E-state index is -0.820. The summed E-state index contributed by atoms with van der Waals surface area (Å²) in [7, 11) is 0. The van der Waals surface area contributed by atoms with Crippen LogP contribution >= 0.6 is 11.8 Å². The molecule has 0 aliphatic rings.